The van der Waals surface area contributed by atoms with Crippen molar-refractivity contribution in [1.82, 2.24) is 9.27 Å². The minimum absolute atomic E-state index is 0.0956. The molecule has 2 N–H and O–H groups in total. The SMILES string of the molecule is Cc1nsc(N(CC#N)[C@@H](CC(C)C)C(N)=O)c1-c1ccc(N2CCN(C3CC3)CC2)cc1. The molecule has 2 aromatic rings. The summed E-state index contributed by atoms with van der Waals surface area (Å²) in [5.74, 6) is -0.127. The topological polar surface area (TPSA) is 89.5 Å². The third-order valence-electron chi connectivity index (χ3n) is 6.64. The molecule has 176 valence electrons. The summed E-state index contributed by atoms with van der Waals surface area (Å²) < 4.78 is 4.58. The van der Waals surface area contributed by atoms with Gasteiger partial charge < -0.3 is 15.5 Å². The van der Waals surface area contributed by atoms with E-state index in [-0.39, 0.29) is 12.5 Å². The second-order valence-electron chi connectivity index (χ2n) is 9.58. The summed E-state index contributed by atoms with van der Waals surface area (Å²) in [7, 11) is 0. The molecule has 1 aromatic carbocycles. The predicted octanol–water partition coefficient (Wildman–Crippen LogP) is 3.63. The fourth-order valence-electron chi connectivity index (χ4n) is 4.75. The van der Waals surface area contributed by atoms with Crippen LogP contribution in [0.15, 0.2) is 24.3 Å². The first-order chi connectivity index (χ1) is 15.9. The molecule has 0 bridgehead atoms. The van der Waals surface area contributed by atoms with Crippen LogP contribution in [-0.4, -0.2) is 60.0 Å². The van der Waals surface area contributed by atoms with E-state index in [1.807, 2.05) is 11.8 Å². The van der Waals surface area contributed by atoms with Crippen LogP contribution in [0.3, 0.4) is 0 Å². The van der Waals surface area contributed by atoms with Gasteiger partial charge in [0.15, 0.2) is 0 Å². The molecule has 33 heavy (non-hydrogen) atoms. The van der Waals surface area contributed by atoms with Crippen molar-refractivity contribution in [3.8, 4) is 17.2 Å². The Balaban J connectivity index is 1.57. The van der Waals surface area contributed by atoms with Gasteiger partial charge in [0.2, 0.25) is 5.91 Å². The number of primary amides is 1. The molecule has 8 heteroatoms. The summed E-state index contributed by atoms with van der Waals surface area (Å²) in [5.41, 5.74) is 9.94. The van der Waals surface area contributed by atoms with E-state index in [0.29, 0.717) is 6.42 Å². The number of amides is 1. The number of nitrogens with zero attached hydrogens (tertiary/aromatic N) is 5. The zero-order valence-electron chi connectivity index (χ0n) is 19.8. The molecule has 1 saturated carbocycles. The van der Waals surface area contributed by atoms with Crippen molar-refractivity contribution in [2.75, 3.05) is 42.5 Å². The largest absolute Gasteiger partial charge is 0.369 e. The number of hydrogen-bond acceptors (Lipinski definition) is 7. The van der Waals surface area contributed by atoms with Crippen LogP contribution in [0.25, 0.3) is 11.1 Å². The molecule has 0 radical (unpaired) electrons. The molecule has 1 saturated heterocycles. The number of rotatable bonds is 9. The molecular formula is C25H34N6OS. The van der Waals surface area contributed by atoms with E-state index in [1.165, 1.54) is 30.1 Å². The quantitative estimate of drug-likeness (QED) is 0.568. The predicted molar refractivity (Wildman–Crippen MR) is 134 cm³/mol. The Hall–Kier alpha value is -2.63. The summed E-state index contributed by atoms with van der Waals surface area (Å²) >= 11 is 1.33. The standard InChI is InChI=1S/C25H34N6OS/c1-17(2)16-22(24(27)32)31(11-10-26)25-23(18(3)28-33-25)19-4-6-20(7-5-19)29-12-14-30(15-13-29)21-8-9-21/h4-7,17,21-22H,8-9,11-16H2,1-3H3,(H2,27,32)/t22-/m0/s1. The number of benzene rings is 1. The highest BCUT2D eigenvalue weighted by molar-refractivity contribution is 7.11. The summed E-state index contributed by atoms with van der Waals surface area (Å²) in [6, 6.07) is 11.1. The lowest BCUT2D eigenvalue weighted by atomic mass is 10.00. The van der Waals surface area contributed by atoms with E-state index in [0.717, 1.165) is 54.0 Å². The second-order valence-corrected chi connectivity index (χ2v) is 10.3. The number of aromatic nitrogens is 1. The van der Waals surface area contributed by atoms with E-state index in [4.69, 9.17) is 5.73 Å². The molecule has 1 aromatic heterocycles. The smallest absolute Gasteiger partial charge is 0.240 e. The molecule has 1 aliphatic heterocycles. The number of carbonyl (C=O) groups is 1. The van der Waals surface area contributed by atoms with Crippen LogP contribution in [0.1, 0.15) is 38.8 Å². The highest BCUT2D eigenvalue weighted by atomic mass is 32.1. The fraction of sp³-hybridized carbons (Fsp3) is 0.560. The third-order valence-corrected chi connectivity index (χ3v) is 7.62. The van der Waals surface area contributed by atoms with Gasteiger partial charge in [-0.15, -0.1) is 0 Å². The normalized spacial score (nSPS) is 17.7. The number of nitrogens with two attached hydrogens (primary N) is 1. The molecule has 0 spiro atoms. The lowest BCUT2D eigenvalue weighted by Crippen LogP contribution is -2.47. The van der Waals surface area contributed by atoms with E-state index >= 15 is 0 Å². The number of piperazine rings is 1. The van der Waals surface area contributed by atoms with Gasteiger partial charge in [-0.1, -0.05) is 26.0 Å². The molecule has 1 amide bonds. The molecule has 1 atom stereocenters. The maximum absolute atomic E-state index is 12.3. The van der Waals surface area contributed by atoms with Gasteiger partial charge in [-0.25, -0.2) is 0 Å². The van der Waals surface area contributed by atoms with Crippen molar-refractivity contribution in [2.45, 2.75) is 52.1 Å². The van der Waals surface area contributed by atoms with Crippen molar-refractivity contribution in [2.24, 2.45) is 11.7 Å². The number of carbonyl (C=O) groups excluding carboxylic acids is 1. The van der Waals surface area contributed by atoms with Gasteiger partial charge >= 0.3 is 0 Å². The van der Waals surface area contributed by atoms with E-state index in [2.05, 4.69) is 58.4 Å². The first-order valence-corrected chi connectivity index (χ1v) is 12.6. The monoisotopic (exact) mass is 466 g/mol. The molecule has 2 heterocycles. The van der Waals surface area contributed by atoms with E-state index < -0.39 is 11.9 Å². The molecule has 2 fully saturated rings. The lowest BCUT2D eigenvalue weighted by Gasteiger charge is -2.36. The van der Waals surface area contributed by atoms with Gasteiger partial charge in [0, 0.05) is 43.5 Å². The molecule has 2 aliphatic rings. The maximum Gasteiger partial charge on any atom is 0.240 e. The van der Waals surface area contributed by atoms with Crippen molar-refractivity contribution in [1.29, 1.82) is 5.26 Å². The summed E-state index contributed by atoms with van der Waals surface area (Å²) in [6.07, 6.45) is 3.32. The van der Waals surface area contributed by atoms with Crippen LogP contribution in [0.5, 0.6) is 0 Å². The zero-order valence-corrected chi connectivity index (χ0v) is 20.6. The first-order valence-electron chi connectivity index (χ1n) is 11.9. The van der Waals surface area contributed by atoms with Crippen LogP contribution in [0.4, 0.5) is 10.7 Å². The highest BCUT2D eigenvalue weighted by Crippen LogP contribution is 2.39. The third kappa shape index (κ3) is 5.31. The Morgan fingerprint density at radius 3 is 2.45 bits per heavy atom. The number of hydrogen-bond donors (Lipinski definition) is 1. The Kier molecular flexibility index (Phi) is 7.20. The zero-order chi connectivity index (χ0) is 23.5. The van der Waals surface area contributed by atoms with Gasteiger partial charge in [-0.3, -0.25) is 9.69 Å². The van der Waals surface area contributed by atoms with E-state index in [9.17, 15) is 10.1 Å². The second kappa shape index (κ2) is 10.1. The van der Waals surface area contributed by atoms with Gasteiger partial charge in [0.05, 0.1) is 11.8 Å². The molecular weight excluding hydrogens is 432 g/mol. The first kappa shape index (κ1) is 23.5. The minimum Gasteiger partial charge on any atom is -0.369 e. The Labute approximate surface area is 200 Å². The molecule has 7 nitrogen and oxygen atoms in total. The van der Waals surface area contributed by atoms with Crippen molar-refractivity contribution in [3.63, 3.8) is 0 Å². The number of anilines is 2. The van der Waals surface area contributed by atoms with Crippen molar-refractivity contribution in [3.05, 3.63) is 30.0 Å². The summed E-state index contributed by atoms with van der Waals surface area (Å²) in [5, 5.41) is 10.3. The number of nitriles is 1. The minimum atomic E-state index is -0.537. The Morgan fingerprint density at radius 1 is 1.24 bits per heavy atom. The van der Waals surface area contributed by atoms with Gasteiger partial charge in [0.1, 0.15) is 17.6 Å². The van der Waals surface area contributed by atoms with Crippen LogP contribution in [0.2, 0.25) is 0 Å². The lowest BCUT2D eigenvalue weighted by molar-refractivity contribution is -0.119. The van der Waals surface area contributed by atoms with Crippen LogP contribution >= 0.6 is 11.5 Å². The summed E-state index contributed by atoms with van der Waals surface area (Å²) in [4.78, 5) is 19.2. The molecule has 1 aliphatic carbocycles. The van der Waals surface area contributed by atoms with Crippen molar-refractivity contribution < 1.29 is 4.79 Å². The summed E-state index contributed by atoms with van der Waals surface area (Å²) in [6.45, 7) is 10.6. The van der Waals surface area contributed by atoms with Crippen LogP contribution in [-0.2, 0) is 4.79 Å². The average Bonchev–Trinajstić information content (AvgIpc) is 3.58. The maximum atomic E-state index is 12.3. The molecule has 4 rings (SSSR count). The average molecular weight is 467 g/mol. The van der Waals surface area contributed by atoms with Gasteiger partial charge in [-0.05, 0) is 61.3 Å². The highest BCUT2D eigenvalue weighted by Gasteiger charge is 2.32. The van der Waals surface area contributed by atoms with Crippen LogP contribution in [0, 0.1) is 24.2 Å². The van der Waals surface area contributed by atoms with Gasteiger partial charge in [0.25, 0.3) is 0 Å². The Morgan fingerprint density at radius 2 is 1.91 bits per heavy atom. The fourth-order valence-corrected chi connectivity index (χ4v) is 5.72. The van der Waals surface area contributed by atoms with Crippen LogP contribution < -0.4 is 15.5 Å². The van der Waals surface area contributed by atoms with Crippen molar-refractivity contribution >= 4 is 28.1 Å². The number of aryl methyl sites for hydroxylation is 1. The molecule has 0 unspecified atom stereocenters. The van der Waals surface area contributed by atoms with Gasteiger partial charge in [-0.2, -0.15) is 9.64 Å². The van der Waals surface area contributed by atoms with E-state index in [1.54, 1.807) is 0 Å². The Bertz CT molecular complexity index is 999.